The number of rotatable bonds is 2. The average molecular weight is 215 g/mol. The standard InChI is InChI=1S/C12H25NO2/c1-9(2)11-6-13(10(3)4)7-12(5,14)8-15-11/h9-11,14H,6-8H2,1-5H3/t11-,12+/m0/s1. The molecule has 1 aliphatic rings. The van der Waals surface area contributed by atoms with Gasteiger partial charge in [-0.3, -0.25) is 4.90 Å². The van der Waals surface area contributed by atoms with Gasteiger partial charge >= 0.3 is 0 Å². The van der Waals surface area contributed by atoms with E-state index in [1.54, 1.807) is 0 Å². The first-order chi connectivity index (χ1) is 6.82. The van der Waals surface area contributed by atoms with E-state index in [0.29, 0.717) is 25.1 Å². The van der Waals surface area contributed by atoms with Gasteiger partial charge in [-0.05, 0) is 26.7 Å². The maximum Gasteiger partial charge on any atom is 0.0978 e. The zero-order chi connectivity index (χ0) is 11.6. The van der Waals surface area contributed by atoms with Gasteiger partial charge in [-0.25, -0.2) is 0 Å². The molecule has 0 amide bonds. The second kappa shape index (κ2) is 4.81. The third-order valence-corrected chi connectivity index (χ3v) is 3.04. The Balaban J connectivity index is 2.71. The van der Waals surface area contributed by atoms with Crippen LogP contribution in [0.4, 0.5) is 0 Å². The van der Waals surface area contributed by atoms with Crippen molar-refractivity contribution in [2.24, 2.45) is 5.92 Å². The van der Waals surface area contributed by atoms with Crippen LogP contribution in [0.2, 0.25) is 0 Å². The van der Waals surface area contributed by atoms with E-state index in [9.17, 15) is 5.11 Å². The Bertz CT molecular complexity index is 202. The molecule has 1 fully saturated rings. The molecule has 1 saturated heterocycles. The summed E-state index contributed by atoms with van der Waals surface area (Å²) in [6, 6.07) is 0.458. The van der Waals surface area contributed by atoms with Crippen LogP contribution >= 0.6 is 0 Å². The van der Waals surface area contributed by atoms with Crippen molar-refractivity contribution in [1.29, 1.82) is 0 Å². The molecule has 1 rings (SSSR count). The van der Waals surface area contributed by atoms with E-state index >= 15 is 0 Å². The molecule has 0 bridgehead atoms. The fraction of sp³-hybridized carbons (Fsp3) is 1.00. The number of aliphatic hydroxyl groups is 1. The highest BCUT2D eigenvalue weighted by atomic mass is 16.5. The second-order valence-electron chi connectivity index (χ2n) is 5.61. The summed E-state index contributed by atoms with van der Waals surface area (Å²) in [5, 5.41) is 10.1. The summed E-state index contributed by atoms with van der Waals surface area (Å²) in [7, 11) is 0. The van der Waals surface area contributed by atoms with Gasteiger partial charge in [0, 0.05) is 19.1 Å². The molecule has 90 valence electrons. The Morgan fingerprint density at radius 1 is 1.33 bits per heavy atom. The van der Waals surface area contributed by atoms with E-state index in [1.165, 1.54) is 0 Å². The molecule has 2 atom stereocenters. The largest absolute Gasteiger partial charge is 0.386 e. The van der Waals surface area contributed by atoms with E-state index in [0.717, 1.165) is 6.54 Å². The molecular weight excluding hydrogens is 190 g/mol. The SMILES string of the molecule is CC(C)[C@@H]1CN(C(C)C)C[C@@](C)(O)CO1. The first-order valence-corrected chi connectivity index (χ1v) is 5.90. The van der Waals surface area contributed by atoms with Crippen LogP contribution in [0.15, 0.2) is 0 Å². The highest BCUT2D eigenvalue weighted by molar-refractivity contribution is 4.85. The zero-order valence-electron chi connectivity index (χ0n) is 10.7. The van der Waals surface area contributed by atoms with Crippen molar-refractivity contribution in [1.82, 2.24) is 4.90 Å². The second-order valence-corrected chi connectivity index (χ2v) is 5.61. The van der Waals surface area contributed by atoms with Crippen molar-refractivity contribution in [2.75, 3.05) is 19.7 Å². The monoisotopic (exact) mass is 215 g/mol. The van der Waals surface area contributed by atoms with Crippen molar-refractivity contribution in [3.05, 3.63) is 0 Å². The van der Waals surface area contributed by atoms with Crippen LogP contribution in [0.25, 0.3) is 0 Å². The molecule has 3 heteroatoms. The first kappa shape index (κ1) is 12.9. The van der Waals surface area contributed by atoms with Crippen molar-refractivity contribution in [2.45, 2.75) is 52.4 Å². The molecule has 1 N–H and O–H groups in total. The van der Waals surface area contributed by atoms with Crippen molar-refractivity contribution < 1.29 is 9.84 Å². The van der Waals surface area contributed by atoms with Gasteiger partial charge in [-0.2, -0.15) is 0 Å². The third-order valence-electron chi connectivity index (χ3n) is 3.04. The molecule has 0 aromatic heterocycles. The molecule has 1 heterocycles. The third kappa shape index (κ3) is 3.74. The van der Waals surface area contributed by atoms with Crippen LogP contribution in [0, 0.1) is 5.92 Å². The van der Waals surface area contributed by atoms with Gasteiger partial charge in [0.1, 0.15) is 0 Å². The van der Waals surface area contributed by atoms with Crippen molar-refractivity contribution in [3.8, 4) is 0 Å². The lowest BCUT2D eigenvalue weighted by molar-refractivity contribution is -0.0526. The summed E-state index contributed by atoms with van der Waals surface area (Å²) >= 11 is 0. The summed E-state index contributed by atoms with van der Waals surface area (Å²) in [4.78, 5) is 2.30. The van der Waals surface area contributed by atoms with Crippen molar-refractivity contribution in [3.63, 3.8) is 0 Å². The van der Waals surface area contributed by atoms with Crippen LogP contribution in [0.1, 0.15) is 34.6 Å². The lowest BCUT2D eigenvalue weighted by Crippen LogP contribution is -2.45. The molecule has 1 aliphatic heterocycles. The smallest absolute Gasteiger partial charge is 0.0978 e. The average Bonchev–Trinajstić information content (AvgIpc) is 2.23. The zero-order valence-corrected chi connectivity index (χ0v) is 10.7. The molecule has 0 aromatic rings. The topological polar surface area (TPSA) is 32.7 Å². The maximum absolute atomic E-state index is 10.1. The Labute approximate surface area is 93.4 Å². The lowest BCUT2D eigenvalue weighted by Gasteiger charge is -2.31. The van der Waals surface area contributed by atoms with Crippen molar-refractivity contribution >= 4 is 0 Å². The number of hydrogen-bond acceptors (Lipinski definition) is 3. The highest BCUT2D eigenvalue weighted by Gasteiger charge is 2.33. The van der Waals surface area contributed by atoms with Gasteiger partial charge in [0.2, 0.25) is 0 Å². The number of β-amino-alcohol motifs (C(OH)–C–C–N with tert-alkyl or cyclic N) is 1. The first-order valence-electron chi connectivity index (χ1n) is 5.90. The van der Waals surface area contributed by atoms with Gasteiger partial charge in [0.25, 0.3) is 0 Å². The van der Waals surface area contributed by atoms with E-state index in [1.807, 2.05) is 6.92 Å². The van der Waals surface area contributed by atoms with Gasteiger partial charge in [-0.1, -0.05) is 13.8 Å². The summed E-state index contributed by atoms with van der Waals surface area (Å²) in [6.07, 6.45) is 0.237. The van der Waals surface area contributed by atoms with Crippen LogP contribution in [-0.4, -0.2) is 47.4 Å². The molecule has 0 aromatic carbocycles. The molecule has 0 unspecified atom stereocenters. The van der Waals surface area contributed by atoms with Gasteiger partial charge in [0.15, 0.2) is 0 Å². The van der Waals surface area contributed by atoms with Crippen LogP contribution in [0.5, 0.6) is 0 Å². The molecule has 0 spiro atoms. The van der Waals surface area contributed by atoms with E-state index in [2.05, 4.69) is 32.6 Å². The minimum absolute atomic E-state index is 0.237. The minimum Gasteiger partial charge on any atom is -0.386 e. The fourth-order valence-electron chi connectivity index (χ4n) is 1.91. The lowest BCUT2D eigenvalue weighted by atomic mass is 10.1. The van der Waals surface area contributed by atoms with E-state index < -0.39 is 5.60 Å². The van der Waals surface area contributed by atoms with Crippen LogP contribution in [-0.2, 0) is 4.74 Å². The molecule has 3 nitrogen and oxygen atoms in total. The number of nitrogens with zero attached hydrogens (tertiary/aromatic N) is 1. The Morgan fingerprint density at radius 3 is 2.40 bits per heavy atom. The Kier molecular flexibility index (Phi) is 4.15. The molecular formula is C12H25NO2. The minimum atomic E-state index is -0.714. The normalized spacial score (nSPS) is 34.8. The molecule has 0 saturated carbocycles. The predicted molar refractivity (Wildman–Crippen MR) is 61.9 cm³/mol. The molecule has 0 aliphatic carbocycles. The Morgan fingerprint density at radius 2 is 1.93 bits per heavy atom. The summed E-state index contributed by atoms with van der Waals surface area (Å²) < 4.78 is 5.77. The van der Waals surface area contributed by atoms with Gasteiger partial charge in [0.05, 0.1) is 18.3 Å². The maximum atomic E-state index is 10.1. The molecule has 15 heavy (non-hydrogen) atoms. The quantitative estimate of drug-likeness (QED) is 0.758. The number of hydrogen-bond donors (Lipinski definition) is 1. The highest BCUT2D eigenvalue weighted by Crippen LogP contribution is 2.20. The summed E-state index contributed by atoms with van der Waals surface area (Å²) in [5.41, 5.74) is -0.714. The molecule has 0 radical (unpaired) electrons. The fourth-order valence-corrected chi connectivity index (χ4v) is 1.91. The van der Waals surface area contributed by atoms with Gasteiger partial charge < -0.3 is 9.84 Å². The van der Waals surface area contributed by atoms with E-state index in [4.69, 9.17) is 4.74 Å². The van der Waals surface area contributed by atoms with Crippen LogP contribution in [0.3, 0.4) is 0 Å². The summed E-state index contributed by atoms with van der Waals surface area (Å²) in [6.45, 7) is 12.6. The Hall–Kier alpha value is -0.120. The van der Waals surface area contributed by atoms with Gasteiger partial charge in [-0.15, -0.1) is 0 Å². The van der Waals surface area contributed by atoms with Crippen LogP contribution < -0.4 is 0 Å². The summed E-state index contributed by atoms with van der Waals surface area (Å²) in [5.74, 6) is 0.500. The predicted octanol–water partition coefficient (Wildman–Crippen LogP) is 1.50. The van der Waals surface area contributed by atoms with E-state index in [-0.39, 0.29) is 6.10 Å². The number of ether oxygens (including phenoxy) is 1.